The maximum atomic E-state index is 12.3. The van der Waals surface area contributed by atoms with Gasteiger partial charge in [0.05, 0.1) is 13.2 Å². The highest BCUT2D eigenvalue weighted by Gasteiger charge is 2.22. The first kappa shape index (κ1) is 16.0. The van der Waals surface area contributed by atoms with E-state index in [0.29, 0.717) is 18.5 Å². The molecule has 1 aromatic carbocycles. The summed E-state index contributed by atoms with van der Waals surface area (Å²) < 4.78 is 5.31. The zero-order chi connectivity index (χ0) is 16.1. The van der Waals surface area contributed by atoms with Gasteiger partial charge in [-0.15, -0.1) is 0 Å². The predicted octanol–water partition coefficient (Wildman–Crippen LogP) is 0.875. The summed E-state index contributed by atoms with van der Waals surface area (Å²) in [7, 11) is 0. The molecular weight excluding hydrogens is 294 g/mol. The van der Waals surface area contributed by atoms with Gasteiger partial charge >= 0.3 is 0 Å². The van der Waals surface area contributed by atoms with Crippen LogP contribution in [0.4, 0.5) is 5.69 Å². The van der Waals surface area contributed by atoms with Gasteiger partial charge in [0.2, 0.25) is 5.91 Å². The lowest BCUT2D eigenvalue weighted by atomic mass is 10.1. The van der Waals surface area contributed by atoms with Crippen LogP contribution in [0.2, 0.25) is 0 Å². The highest BCUT2D eigenvalue weighted by atomic mass is 16.5. The summed E-state index contributed by atoms with van der Waals surface area (Å²) in [6, 6.07) is 7.30. The fraction of sp³-hybridized carbons (Fsp3) is 0.529. The molecule has 2 heterocycles. The molecule has 0 radical (unpaired) electrons. The second-order valence-electron chi connectivity index (χ2n) is 5.91. The second-order valence-corrected chi connectivity index (χ2v) is 5.91. The molecule has 0 saturated carbocycles. The number of amides is 2. The molecule has 124 valence electrons. The van der Waals surface area contributed by atoms with Gasteiger partial charge in [0, 0.05) is 50.4 Å². The Morgan fingerprint density at radius 3 is 2.78 bits per heavy atom. The van der Waals surface area contributed by atoms with E-state index in [1.165, 1.54) is 0 Å². The molecule has 2 saturated heterocycles. The monoisotopic (exact) mass is 317 g/mol. The number of nitrogens with one attached hydrogen (secondary N) is 1. The van der Waals surface area contributed by atoms with Crippen molar-refractivity contribution >= 4 is 17.5 Å². The molecule has 2 fully saturated rings. The van der Waals surface area contributed by atoms with E-state index >= 15 is 0 Å². The fourth-order valence-corrected chi connectivity index (χ4v) is 2.99. The molecule has 2 amide bonds. The van der Waals surface area contributed by atoms with Crippen LogP contribution >= 0.6 is 0 Å². The van der Waals surface area contributed by atoms with E-state index < -0.39 is 0 Å². The van der Waals surface area contributed by atoms with Crippen molar-refractivity contribution in [3.63, 3.8) is 0 Å². The molecule has 1 N–H and O–H groups in total. The summed E-state index contributed by atoms with van der Waals surface area (Å²) in [4.78, 5) is 28.1. The van der Waals surface area contributed by atoms with Crippen LogP contribution in [-0.2, 0) is 9.53 Å². The van der Waals surface area contributed by atoms with Gasteiger partial charge in [0.15, 0.2) is 0 Å². The molecule has 0 atom stereocenters. The lowest BCUT2D eigenvalue weighted by Crippen LogP contribution is -2.41. The van der Waals surface area contributed by atoms with Gasteiger partial charge in [0.25, 0.3) is 5.91 Å². The van der Waals surface area contributed by atoms with E-state index in [0.717, 1.165) is 51.5 Å². The number of carbonyl (C=O) groups excluding carboxylic acids is 2. The molecule has 1 aromatic rings. The molecule has 6 heteroatoms. The van der Waals surface area contributed by atoms with E-state index in [9.17, 15) is 9.59 Å². The van der Waals surface area contributed by atoms with Gasteiger partial charge in [-0.05, 0) is 24.6 Å². The maximum Gasteiger partial charge on any atom is 0.251 e. The standard InChI is InChI=1S/C17H23N3O3/c21-16-5-2-7-20(16)15-4-1-3-14(13-15)17(22)18-6-8-19-9-11-23-12-10-19/h1,3-4,13H,2,5-12H2,(H,18,22). The van der Waals surface area contributed by atoms with Crippen molar-refractivity contribution in [2.75, 3.05) is 50.8 Å². The minimum Gasteiger partial charge on any atom is -0.379 e. The van der Waals surface area contributed by atoms with E-state index in [1.54, 1.807) is 17.0 Å². The summed E-state index contributed by atoms with van der Waals surface area (Å²) in [6.07, 6.45) is 1.48. The van der Waals surface area contributed by atoms with Crippen molar-refractivity contribution in [1.29, 1.82) is 0 Å². The molecule has 3 rings (SSSR count). The van der Waals surface area contributed by atoms with Gasteiger partial charge in [0.1, 0.15) is 0 Å². The third-order valence-electron chi connectivity index (χ3n) is 4.31. The van der Waals surface area contributed by atoms with Crippen LogP contribution in [0.1, 0.15) is 23.2 Å². The van der Waals surface area contributed by atoms with Crippen LogP contribution < -0.4 is 10.2 Å². The third-order valence-corrected chi connectivity index (χ3v) is 4.31. The Hall–Kier alpha value is -1.92. The lowest BCUT2D eigenvalue weighted by molar-refractivity contribution is -0.117. The van der Waals surface area contributed by atoms with E-state index in [1.807, 2.05) is 12.1 Å². The molecule has 0 unspecified atom stereocenters. The molecule has 2 aliphatic heterocycles. The van der Waals surface area contributed by atoms with E-state index in [2.05, 4.69) is 10.2 Å². The summed E-state index contributed by atoms with van der Waals surface area (Å²) in [5.41, 5.74) is 1.41. The van der Waals surface area contributed by atoms with Gasteiger partial charge in [-0.2, -0.15) is 0 Å². The quantitative estimate of drug-likeness (QED) is 0.875. The first-order valence-corrected chi connectivity index (χ1v) is 8.23. The maximum absolute atomic E-state index is 12.3. The van der Waals surface area contributed by atoms with Crippen LogP contribution in [-0.4, -0.2) is 62.7 Å². The number of ether oxygens (including phenoxy) is 1. The number of carbonyl (C=O) groups is 2. The number of nitrogens with zero attached hydrogens (tertiary/aromatic N) is 2. The molecule has 0 aliphatic carbocycles. The van der Waals surface area contributed by atoms with Crippen LogP contribution in [0.25, 0.3) is 0 Å². The Morgan fingerprint density at radius 2 is 2.04 bits per heavy atom. The number of rotatable bonds is 5. The minimum absolute atomic E-state index is 0.0910. The van der Waals surface area contributed by atoms with Crippen molar-refractivity contribution < 1.29 is 14.3 Å². The average molecular weight is 317 g/mol. The van der Waals surface area contributed by atoms with Crippen molar-refractivity contribution in [3.05, 3.63) is 29.8 Å². The summed E-state index contributed by atoms with van der Waals surface area (Å²) in [5, 5.41) is 2.95. The number of benzene rings is 1. The predicted molar refractivity (Wildman–Crippen MR) is 87.6 cm³/mol. The Morgan fingerprint density at radius 1 is 1.22 bits per heavy atom. The Labute approximate surface area is 136 Å². The third kappa shape index (κ3) is 4.09. The minimum atomic E-state index is -0.0910. The van der Waals surface area contributed by atoms with Crippen molar-refractivity contribution in [2.45, 2.75) is 12.8 Å². The first-order valence-electron chi connectivity index (χ1n) is 8.23. The molecule has 0 bridgehead atoms. The van der Waals surface area contributed by atoms with Gasteiger partial charge < -0.3 is 15.0 Å². The fourth-order valence-electron chi connectivity index (χ4n) is 2.99. The van der Waals surface area contributed by atoms with Gasteiger partial charge in [-0.25, -0.2) is 0 Å². The SMILES string of the molecule is O=C(NCCN1CCOCC1)c1cccc(N2CCCC2=O)c1. The average Bonchev–Trinajstić information content (AvgIpc) is 3.02. The molecule has 2 aliphatic rings. The smallest absolute Gasteiger partial charge is 0.251 e. The van der Waals surface area contributed by atoms with Gasteiger partial charge in [-0.1, -0.05) is 6.07 Å². The normalized spacial score (nSPS) is 19.1. The number of morpholine rings is 1. The molecule has 6 nitrogen and oxygen atoms in total. The number of anilines is 1. The lowest BCUT2D eigenvalue weighted by Gasteiger charge is -2.26. The Bertz CT molecular complexity index is 570. The number of hydrogen-bond acceptors (Lipinski definition) is 4. The number of hydrogen-bond donors (Lipinski definition) is 1. The first-order chi connectivity index (χ1) is 11.2. The topological polar surface area (TPSA) is 61.9 Å². The van der Waals surface area contributed by atoms with Crippen LogP contribution in [0.3, 0.4) is 0 Å². The molecule has 0 spiro atoms. The molecule has 0 aromatic heterocycles. The van der Waals surface area contributed by atoms with Crippen LogP contribution in [0.5, 0.6) is 0 Å². The van der Waals surface area contributed by atoms with Gasteiger partial charge in [-0.3, -0.25) is 14.5 Å². The zero-order valence-corrected chi connectivity index (χ0v) is 13.3. The Kier molecular flexibility index (Phi) is 5.25. The summed E-state index contributed by atoms with van der Waals surface area (Å²) >= 11 is 0. The van der Waals surface area contributed by atoms with Crippen LogP contribution in [0.15, 0.2) is 24.3 Å². The molecule has 23 heavy (non-hydrogen) atoms. The second kappa shape index (κ2) is 7.57. The highest BCUT2D eigenvalue weighted by Crippen LogP contribution is 2.22. The summed E-state index contributed by atoms with van der Waals surface area (Å²) in [5.74, 6) is 0.0432. The summed E-state index contributed by atoms with van der Waals surface area (Å²) in [6.45, 7) is 5.55. The molecular formula is C17H23N3O3. The van der Waals surface area contributed by atoms with Crippen molar-refractivity contribution in [3.8, 4) is 0 Å². The Balaban J connectivity index is 1.53. The highest BCUT2D eigenvalue weighted by molar-refractivity contribution is 5.99. The largest absolute Gasteiger partial charge is 0.379 e. The van der Waals surface area contributed by atoms with Crippen LogP contribution in [0, 0.1) is 0 Å². The van der Waals surface area contributed by atoms with E-state index in [-0.39, 0.29) is 11.8 Å². The van der Waals surface area contributed by atoms with Crippen molar-refractivity contribution in [1.82, 2.24) is 10.2 Å². The van der Waals surface area contributed by atoms with Crippen molar-refractivity contribution in [2.24, 2.45) is 0 Å². The zero-order valence-electron chi connectivity index (χ0n) is 13.3. The van der Waals surface area contributed by atoms with E-state index in [4.69, 9.17) is 4.74 Å².